The van der Waals surface area contributed by atoms with E-state index in [0.717, 1.165) is 11.3 Å². The van der Waals surface area contributed by atoms with Gasteiger partial charge in [-0.2, -0.15) is 0 Å². The predicted octanol–water partition coefficient (Wildman–Crippen LogP) is 2.49. The normalized spacial score (nSPS) is 58.2. The second-order valence-electron chi connectivity index (χ2n) is 8.03. The minimum absolute atomic E-state index is 0.0279. The monoisotopic (exact) mass is 373 g/mol. The lowest BCUT2D eigenvalue weighted by Gasteiger charge is -2.91. The molecule has 0 amide bonds. The molecule has 4 unspecified atom stereocenters. The number of halogens is 1. The van der Waals surface area contributed by atoms with Crippen molar-refractivity contribution >= 4 is 21.6 Å². The topological polar surface area (TPSA) is 51.1 Å². The molecule has 1 aromatic carbocycles. The SMILES string of the molecule is O/N=C(/c1ccccc1)C12C3[C@@H]4[C@H]1C1[C@H]2[C@@H]3C4(Br)C12OCCO2. The van der Waals surface area contributed by atoms with Crippen LogP contribution < -0.4 is 0 Å². The first-order chi connectivity index (χ1) is 11.2. The molecule has 7 aliphatic rings. The van der Waals surface area contributed by atoms with Gasteiger partial charge < -0.3 is 14.7 Å². The quantitative estimate of drug-likeness (QED) is 0.375. The molecular formula is C18H16BrNO3. The van der Waals surface area contributed by atoms with E-state index in [4.69, 9.17) is 9.47 Å². The van der Waals surface area contributed by atoms with E-state index in [1.165, 1.54) is 0 Å². The molecule has 8 rings (SSSR count). The van der Waals surface area contributed by atoms with Gasteiger partial charge in [-0.3, -0.25) is 0 Å². The number of hydrogen-bond acceptors (Lipinski definition) is 4. The zero-order chi connectivity index (χ0) is 15.2. The number of hydrogen-bond donors (Lipinski definition) is 1. The Morgan fingerprint density at radius 1 is 1.00 bits per heavy atom. The van der Waals surface area contributed by atoms with Crippen molar-refractivity contribution in [2.24, 2.45) is 46.1 Å². The lowest BCUT2D eigenvalue weighted by molar-refractivity contribution is -0.404. The molecule has 6 aliphatic carbocycles. The number of rotatable bonds is 2. The second-order valence-corrected chi connectivity index (χ2v) is 9.35. The third-order valence-electron chi connectivity index (χ3n) is 8.19. The van der Waals surface area contributed by atoms with E-state index in [1.54, 1.807) is 0 Å². The molecule has 1 aromatic rings. The summed E-state index contributed by atoms with van der Waals surface area (Å²) < 4.78 is 12.4. The van der Waals surface area contributed by atoms with Crippen LogP contribution >= 0.6 is 15.9 Å². The molecule has 1 spiro atoms. The lowest BCUT2D eigenvalue weighted by Crippen LogP contribution is -2.94. The Labute approximate surface area is 142 Å². The molecule has 7 fully saturated rings. The highest BCUT2D eigenvalue weighted by molar-refractivity contribution is 9.10. The summed E-state index contributed by atoms with van der Waals surface area (Å²) in [6.45, 7) is 1.42. The molecule has 1 saturated heterocycles. The molecule has 0 aromatic heterocycles. The first-order valence-corrected chi connectivity index (χ1v) is 9.28. The van der Waals surface area contributed by atoms with E-state index in [-0.39, 0.29) is 9.74 Å². The van der Waals surface area contributed by atoms with Gasteiger partial charge in [0.1, 0.15) is 0 Å². The number of nitrogens with zero attached hydrogens (tertiary/aromatic N) is 1. The van der Waals surface area contributed by atoms with Gasteiger partial charge in [0.25, 0.3) is 0 Å². The van der Waals surface area contributed by atoms with Crippen LogP contribution in [0.3, 0.4) is 0 Å². The summed E-state index contributed by atoms with van der Waals surface area (Å²) in [6.07, 6.45) is 0. The summed E-state index contributed by atoms with van der Waals surface area (Å²) in [5.41, 5.74) is 2.06. The van der Waals surface area contributed by atoms with Crippen molar-refractivity contribution < 1.29 is 14.7 Å². The zero-order valence-corrected chi connectivity index (χ0v) is 13.9. The van der Waals surface area contributed by atoms with Gasteiger partial charge >= 0.3 is 0 Å². The van der Waals surface area contributed by atoms with E-state index in [2.05, 4.69) is 33.2 Å². The maximum atomic E-state index is 9.81. The number of benzene rings is 1. The van der Waals surface area contributed by atoms with Crippen LogP contribution in [0.15, 0.2) is 35.5 Å². The second kappa shape index (κ2) is 3.26. The largest absolute Gasteiger partial charge is 0.411 e. The Hall–Kier alpha value is -0.910. The Bertz CT molecular complexity index is 767. The van der Waals surface area contributed by atoms with Gasteiger partial charge in [-0.1, -0.05) is 51.4 Å². The highest BCUT2D eigenvalue weighted by atomic mass is 79.9. The molecule has 1 aliphatic heterocycles. The Balaban J connectivity index is 1.37. The first kappa shape index (κ1) is 12.5. The van der Waals surface area contributed by atoms with Gasteiger partial charge in [-0.25, -0.2) is 0 Å². The fourth-order valence-corrected chi connectivity index (χ4v) is 9.71. The molecule has 5 heteroatoms. The zero-order valence-electron chi connectivity index (χ0n) is 12.4. The van der Waals surface area contributed by atoms with Crippen LogP contribution in [0.4, 0.5) is 0 Å². The Kier molecular flexibility index (Phi) is 1.77. The molecule has 8 atom stereocenters. The van der Waals surface area contributed by atoms with Crippen LogP contribution in [0.5, 0.6) is 0 Å². The molecule has 1 heterocycles. The van der Waals surface area contributed by atoms with Crippen LogP contribution in [0.25, 0.3) is 0 Å². The molecule has 6 saturated carbocycles. The number of oxime groups is 1. The van der Waals surface area contributed by atoms with Gasteiger partial charge in [0, 0.05) is 11.3 Å². The number of alkyl halides is 1. The van der Waals surface area contributed by atoms with Gasteiger partial charge in [0.2, 0.25) is 0 Å². The molecule has 23 heavy (non-hydrogen) atoms. The predicted molar refractivity (Wildman–Crippen MR) is 84.4 cm³/mol. The van der Waals surface area contributed by atoms with Crippen molar-refractivity contribution in [1.82, 2.24) is 0 Å². The maximum absolute atomic E-state index is 9.81. The van der Waals surface area contributed by atoms with E-state index >= 15 is 0 Å². The lowest BCUT2D eigenvalue weighted by atomic mass is 9.12. The summed E-state index contributed by atoms with van der Waals surface area (Å²) >= 11 is 4.07. The van der Waals surface area contributed by atoms with Crippen LogP contribution in [-0.4, -0.2) is 34.2 Å². The fraction of sp³-hybridized carbons (Fsp3) is 0.611. The van der Waals surface area contributed by atoms with E-state index < -0.39 is 5.79 Å². The van der Waals surface area contributed by atoms with Crippen LogP contribution in [0.2, 0.25) is 0 Å². The standard InChI is InChI=1S/C18H16BrNO3/c19-17-12-9-13(17)11-14(18(17)22-6-7-23-18)10(12)16(9,11)15(20-21)8-4-2-1-3-5-8/h1-5,9-14,21H,6-7H2/b20-15-/t9?,10-,11+,12-,13-,14?,16?,17?/m1/s1. The van der Waals surface area contributed by atoms with Crippen molar-refractivity contribution in [1.29, 1.82) is 0 Å². The minimum Gasteiger partial charge on any atom is -0.411 e. The smallest absolute Gasteiger partial charge is 0.187 e. The summed E-state index contributed by atoms with van der Waals surface area (Å²) in [6, 6.07) is 10.2. The van der Waals surface area contributed by atoms with Crippen molar-refractivity contribution in [3.63, 3.8) is 0 Å². The van der Waals surface area contributed by atoms with Gasteiger partial charge in [-0.15, -0.1) is 0 Å². The third-order valence-corrected chi connectivity index (χ3v) is 9.80. The van der Waals surface area contributed by atoms with Crippen molar-refractivity contribution in [2.45, 2.75) is 10.1 Å². The first-order valence-electron chi connectivity index (χ1n) is 8.49. The Morgan fingerprint density at radius 2 is 1.61 bits per heavy atom. The molecule has 0 radical (unpaired) electrons. The Morgan fingerprint density at radius 3 is 2.22 bits per heavy atom. The summed E-state index contributed by atoms with van der Waals surface area (Å²) in [5.74, 6) is 3.07. The average Bonchev–Trinajstić information content (AvgIpc) is 3.11. The molecule has 1 N–H and O–H groups in total. The van der Waals surface area contributed by atoms with Crippen LogP contribution in [0, 0.1) is 40.9 Å². The summed E-state index contributed by atoms with van der Waals surface area (Å²) in [4.78, 5) is 0. The van der Waals surface area contributed by atoms with E-state index in [1.807, 2.05) is 18.2 Å². The summed E-state index contributed by atoms with van der Waals surface area (Å²) in [5, 5.41) is 13.6. The van der Waals surface area contributed by atoms with Gasteiger partial charge in [-0.05, 0) is 35.2 Å². The van der Waals surface area contributed by atoms with Crippen molar-refractivity contribution in [3.05, 3.63) is 35.9 Å². The number of ether oxygens (including phenoxy) is 2. The third kappa shape index (κ3) is 0.815. The average molecular weight is 374 g/mol. The van der Waals surface area contributed by atoms with Gasteiger partial charge in [0.15, 0.2) is 5.79 Å². The van der Waals surface area contributed by atoms with E-state index in [9.17, 15) is 5.21 Å². The van der Waals surface area contributed by atoms with E-state index in [0.29, 0.717) is 48.7 Å². The molecular weight excluding hydrogens is 358 g/mol. The van der Waals surface area contributed by atoms with Gasteiger partial charge in [0.05, 0.1) is 23.2 Å². The van der Waals surface area contributed by atoms with Crippen molar-refractivity contribution in [3.8, 4) is 0 Å². The highest BCUT2D eigenvalue weighted by Crippen LogP contribution is 3.05. The van der Waals surface area contributed by atoms with Crippen LogP contribution in [0.1, 0.15) is 5.56 Å². The van der Waals surface area contributed by atoms with Crippen LogP contribution in [-0.2, 0) is 9.47 Å². The minimum atomic E-state index is -0.397. The fourth-order valence-electron chi connectivity index (χ4n) is 8.08. The molecule has 118 valence electrons. The molecule has 4 nitrogen and oxygen atoms in total. The summed E-state index contributed by atoms with van der Waals surface area (Å²) in [7, 11) is 0. The van der Waals surface area contributed by atoms with Crippen molar-refractivity contribution in [2.75, 3.05) is 13.2 Å². The maximum Gasteiger partial charge on any atom is 0.187 e. The molecule has 2 bridgehead atoms. The highest BCUT2D eigenvalue weighted by Gasteiger charge is 3.09.